The molecule has 16 heteroatoms. The fraction of sp³-hybridized carbons (Fsp3) is 0.755. The van der Waals surface area contributed by atoms with Crippen molar-refractivity contribution in [3.63, 3.8) is 0 Å². The molecule has 2 saturated heterocycles. The first-order valence-corrected chi connectivity index (χ1v) is 27.7. The molecule has 15 nitrogen and oxygen atoms in total. The number of carbonyl (C=O) groups is 5. The Kier molecular flexibility index (Phi) is 22.5. The van der Waals surface area contributed by atoms with E-state index in [2.05, 4.69) is 0 Å². The number of piperidine rings is 1. The number of allylic oxidation sites excluding steroid dienone is 6. The average Bonchev–Trinajstić information content (AvgIpc) is 3.30. The molecule has 1 saturated carbocycles. The summed E-state index contributed by atoms with van der Waals surface area (Å²) in [6.45, 7) is 15.9. The normalized spacial score (nSPS) is 38.6. The summed E-state index contributed by atoms with van der Waals surface area (Å²) in [6, 6.07) is -1.16. The van der Waals surface area contributed by atoms with Crippen LogP contribution in [0.3, 0.4) is 0 Å². The van der Waals surface area contributed by atoms with Crippen molar-refractivity contribution in [2.24, 2.45) is 35.5 Å². The molecule has 3 fully saturated rings. The van der Waals surface area contributed by atoms with Crippen LogP contribution in [-0.4, -0.2) is 140 Å². The van der Waals surface area contributed by atoms with Crippen LogP contribution >= 0.6 is 7.37 Å². The van der Waals surface area contributed by atoms with Crippen LogP contribution < -0.4 is 0 Å². The highest BCUT2D eigenvalue weighted by Gasteiger charge is 2.53. The molecular weight excluding hydrogens is 906 g/mol. The zero-order chi connectivity index (χ0) is 51.4. The van der Waals surface area contributed by atoms with E-state index in [1.807, 2.05) is 58.1 Å². The minimum atomic E-state index is -2.79. The molecule has 0 aromatic heterocycles. The van der Waals surface area contributed by atoms with Crippen LogP contribution in [0.2, 0.25) is 0 Å². The summed E-state index contributed by atoms with van der Waals surface area (Å²) < 4.78 is 48.2. The van der Waals surface area contributed by atoms with Crippen molar-refractivity contribution < 1.29 is 67.0 Å². The maximum atomic E-state index is 14.5. The van der Waals surface area contributed by atoms with E-state index in [0.29, 0.717) is 63.4 Å². The Morgan fingerprint density at radius 3 is 2.22 bits per heavy atom. The number of ether oxygens (including phenoxy) is 5. The molecule has 15 atom stereocenters. The summed E-state index contributed by atoms with van der Waals surface area (Å²) in [5, 5.41) is 23.5. The zero-order valence-corrected chi connectivity index (χ0v) is 44.3. The topological polar surface area (TPSA) is 201 Å². The van der Waals surface area contributed by atoms with Crippen LogP contribution in [0.5, 0.6) is 0 Å². The van der Waals surface area contributed by atoms with Crippen molar-refractivity contribution >= 4 is 36.6 Å². The van der Waals surface area contributed by atoms with E-state index in [0.717, 1.165) is 12.0 Å². The number of methoxy groups -OCH3 is 3. The molecule has 4 aliphatic rings. The number of aliphatic hydroxyl groups is 2. The third kappa shape index (κ3) is 16.2. The van der Waals surface area contributed by atoms with Crippen molar-refractivity contribution in [3.05, 3.63) is 47.6 Å². The Balaban J connectivity index is 1.70. The van der Waals surface area contributed by atoms with Crippen LogP contribution in [0, 0.1) is 35.5 Å². The van der Waals surface area contributed by atoms with E-state index in [-0.39, 0.29) is 60.9 Å². The lowest BCUT2D eigenvalue weighted by atomic mass is 9.78. The number of hydrogen-bond donors (Lipinski definition) is 2. The maximum absolute atomic E-state index is 14.5. The van der Waals surface area contributed by atoms with Crippen molar-refractivity contribution in [3.8, 4) is 0 Å². The predicted octanol–water partition coefficient (Wildman–Crippen LogP) is 7.74. The molecule has 2 bridgehead atoms. The van der Waals surface area contributed by atoms with Gasteiger partial charge in [0.2, 0.25) is 5.79 Å². The first kappa shape index (κ1) is 58.4. The van der Waals surface area contributed by atoms with Crippen LogP contribution in [0.25, 0.3) is 0 Å². The van der Waals surface area contributed by atoms with Crippen molar-refractivity contribution in [2.45, 2.75) is 180 Å². The fourth-order valence-corrected chi connectivity index (χ4v) is 11.4. The van der Waals surface area contributed by atoms with Gasteiger partial charge in [0, 0.05) is 71.8 Å². The second-order valence-corrected chi connectivity index (χ2v) is 23.6. The van der Waals surface area contributed by atoms with Gasteiger partial charge in [0.1, 0.15) is 30.1 Å². The summed E-state index contributed by atoms with van der Waals surface area (Å²) in [4.78, 5) is 72.2. The monoisotopic (exact) mass is 990 g/mol. The van der Waals surface area contributed by atoms with E-state index in [4.69, 9.17) is 28.2 Å². The van der Waals surface area contributed by atoms with E-state index in [1.54, 1.807) is 54.4 Å². The number of aliphatic hydroxyl groups excluding tert-OH is 1. The summed E-state index contributed by atoms with van der Waals surface area (Å²) in [6.07, 6.45) is 11.4. The van der Waals surface area contributed by atoms with Gasteiger partial charge in [0.15, 0.2) is 13.2 Å². The lowest BCUT2D eigenvalue weighted by Gasteiger charge is -2.42. The van der Waals surface area contributed by atoms with E-state index >= 15 is 0 Å². The highest BCUT2D eigenvalue weighted by molar-refractivity contribution is 7.57. The largest absolute Gasteiger partial charge is 0.460 e. The third-order valence-corrected chi connectivity index (χ3v) is 15.6. The SMILES string of the molecule is CO[C@H]1C[C@@H]2CC[C@@H](C)[C@@](O)(O2)C(=O)C(=O)N2CCCC[C@H]2C(=O)O[C@H]([C@H](C)C[C@@H]2CC[C@@H](OP(C)(C)=O)[C@H](OC)C2)CC(=O)[C@H](C)/C=C(\C)[C@@H](O)[C@@H](OC)C(=O)[C@H](C)C[C@H](C)C=C/C=C/C=C\1C. The van der Waals surface area contributed by atoms with Gasteiger partial charge in [0.25, 0.3) is 11.7 Å². The highest BCUT2D eigenvalue weighted by atomic mass is 31.2. The number of nitrogens with zero attached hydrogens (tertiary/aromatic N) is 1. The van der Waals surface area contributed by atoms with Gasteiger partial charge >= 0.3 is 5.97 Å². The minimum Gasteiger partial charge on any atom is -0.460 e. The third-order valence-electron chi connectivity index (χ3n) is 14.8. The summed E-state index contributed by atoms with van der Waals surface area (Å²) >= 11 is 0. The van der Waals surface area contributed by atoms with Crippen LogP contribution in [0.1, 0.15) is 126 Å². The Bertz CT molecular complexity index is 1940. The van der Waals surface area contributed by atoms with Gasteiger partial charge in [-0.3, -0.25) is 23.7 Å². The number of Topliss-reactive ketones (excluding diaryl/α,β-unsaturated/α-hetero) is 3. The molecule has 390 valence electrons. The Labute approximate surface area is 411 Å². The summed E-state index contributed by atoms with van der Waals surface area (Å²) in [7, 11) is 1.76. The van der Waals surface area contributed by atoms with Gasteiger partial charge in [-0.05, 0) is 107 Å². The van der Waals surface area contributed by atoms with Gasteiger partial charge in [0.05, 0.1) is 24.4 Å². The molecule has 69 heavy (non-hydrogen) atoms. The number of cyclic esters (lactones) is 1. The molecule has 0 unspecified atom stereocenters. The van der Waals surface area contributed by atoms with Crippen molar-refractivity contribution in [1.82, 2.24) is 4.90 Å². The van der Waals surface area contributed by atoms with Gasteiger partial charge in [-0.15, -0.1) is 0 Å². The van der Waals surface area contributed by atoms with Crippen LogP contribution in [-0.2, 0) is 56.7 Å². The molecule has 0 spiro atoms. The number of rotatable bonds is 8. The van der Waals surface area contributed by atoms with E-state index < -0.39 is 85.1 Å². The molecular formula is C53H84NO14P. The Hall–Kier alpha value is -3.14. The van der Waals surface area contributed by atoms with Crippen LogP contribution in [0.4, 0.5) is 0 Å². The number of carbonyl (C=O) groups excluding carboxylic acids is 5. The lowest BCUT2D eigenvalue weighted by molar-refractivity contribution is -0.265. The molecule has 0 aromatic carbocycles. The first-order valence-electron chi connectivity index (χ1n) is 25.2. The lowest BCUT2D eigenvalue weighted by Crippen LogP contribution is -2.61. The predicted molar refractivity (Wildman–Crippen MR) is 263 cm³/mol. The standard InChI is InChI=1S/C53H84NO14P/c1-32-18-14-13-15-19-33(2)44(63-8)30-40-23-21-38(7)53(61,67-40)50(58)51(59)54-25-17-16-20-41(54)52(60)66-45(35(4)28-39-22-24-43(46(29-39)64-9)68-69(11,12)62)31-42(55)34(3)27-37(6)48(57)49(65-10)47(56)36(5)26-32/h13-15,18-19,27,32,34-36,38-41,43-46,48-49,57,61H,16-17,20-26,28-31H2,1-12H3/b15-13+,18-14?,33-19-,37-27+/t32-,34-,35-,36-,38-,39+,40+,41+,43-,44+,45+,46-,48-,49+,53-/m1/s1. The van der Waals surface area contributed by atoms with Crippen molar-refractivity contribution in [2.75, 3.05) is 41.2 Å². The summed E-state index contributed by atoms with van der Waals surface area (Å²) in [5.41, 5.74) is 1.25. The molecule has 3 heterocycles. The molecule has 1 amide bonds. The minimum absolute atomic E-state index is 0.0117. The number of ketones is 3. The van der Waals surface area contributed by atoms with Gasteiger partial charge in [-0.1, -0.05) is 71.1 Å². The molecule has 0 radical (unpaired) electrons. The number of hydrogen-bond acceptors (Lipinski definition) is 14. The molecule has 3 aliphatic heterocycles. The number of amides is 1. The van der Waals surface area contributed by atoms with Gasteiger partial charge < -0.3 is 43.3 Å². The smallest absolute Gasteiger partial charge is 0.329 e. The molecule has 4 rings (SSSR count). The van der Waals surface area contributed by atoms with E-state index in [9.17, 15) is 38.8 Å². The van der Waals surface area contributed by atoms with Crippen molar-refractivity contribution in [1.29, 1.82) is 0 Å². The molecule has 1 aliphatic carbocycles. The average molecular weight is 990 g/mol. The van der Waals surface area contributed by atoms with Gasteiger partial charge in [-0.2, -0.15) is 0 Å². The second-order valence-electron chi connectivity index (χ2n) is 20.9. The highest BCUT2D eigenvalue weighted by Crippen LogP contribution is 2.45. The quantitative estimate of drug-likeness (QED) is 0.104. The zero-order valence-electron chi connectivity index (χ0n) is 43.4. The molecule has 0 aromatic rings. The number of fused-ring (bicyclic) bond motifs is 3. The Morgan fingerprint density at radius 2 is 1.57 bits per heavy atom. The van der Waals surface area contributed by atoms with E-state index in [1.165, 1.54) is 12.0 Å². The summed E-state index contributed by atoms with van der Waals surface area (Å²) in [5.74, 6) is -8.11. The maximum Gasteiger partial charge on any atom is 0.329 e. The van der Waals surface area contributed by atoms with Crippen LogP contribution in [0.15, 0.2) is 47.6 Å². The fourth-order valence-electron chi connectivity index (χ4n) is 10.5. The Morgan fingerprint density at radius 1 is 0.855 bits per heavy atom. The first-order chi connectivity index (χ1) is 32.4. The second kappa shape index (κ2) is 26.5. The van der Waals surface area contributed by atoms with Gasteiger partial charge in [-0.25, -0.2) is 4.79 Å². The molecule has 2 N–H and O–H groups in total. The number of esters is 1.